The molecule has 3 N–H and O–H groups in total. The highest BCUT2D eigenvalue weighted by Gasteiger charge is 2.45. The third-order valence-corrected chi connectivity index (χ3v) is 3.63. The molecule has 0 aromatic carbocycles. The second-order valence-electron chi connectivity index (χ2n) is 6.77. The third-order valence-electron chi connectivity index (χ3n) is 3.63. The molecule has 7 heteroatoms. The summed E-state index contributed by atoms with van der Waals surface area (Å²) >= 11 is 0. The highest BCUT2D eigenvalue weighted by atomic mass is 16.6. The Morgan fingerprint density at radius 1 is 1.38 bits per heavy atom. The Morgan fingerprint density at radius 3 is 2.54 bits per heavy atom. The van der Waals surface area contributed by atoms with E-state index in [1.165, 1.54) is 7.11 Å². The summed E-state index contributed by atoms with van der Waals surface area (Å²) in [6, 6.07) is 3.66. The van der Waals surface area contributed by atoms with Crippen LogP contribution in [0.3, 0.4) is 0 Å². The van der Waals surface area contributed by atoms with Crippen LogP contribution in [-0.2, 0) is 19.7 Å². The van der Waals surface area contributed by atoms with Crippen LogP contribution >= 0.6 is 0 Å². The minimum atomic E-state index is -0.714. The number of alkyl carbamates (subject to hydrolysis) is 1. The van der Waals surface area contributed by atoms with Gasteiger partial charge < -0.3 is 15.2 Å². The summed E-state index contributed by atoms with van der Waals surface area (Å²) in [6.45, 7) is 5.23. The summed E-state index contributed by atoms with van der Waals surface area (Å²) in [5.41, 5.74) is 5.72. The lowest BCUT2D eigenvalue weighted by molar-refractivity contribution is -0.136. The molecule has 1 fully saturated rings. The van der Waals surface area contributed by atoms with E-state index in [9.17, 15) is 9.59 Å². The standard InChI is InChI=1S/C17H23N3O4/c1-16(2,3)24-15(22)20-12(14(21)23-4)10-17(7-8-17)11-6-5-9-19-13(11)18/h5-6,9-10H,7-8H2,1-4H3,(H2,18,19)(H,20,22)/b12-10-. The quantitative estimate of drug-likeness (QED) is 0.647. The number of allylic oxidation sites excluding steroid dienone is 1. The van der Waals surface area contributed by atoms with Gasteiger partial charge in [-0.2, -0.15) is 0 Å². The molecule has 1 amide bonds. The van der Waals surface area contributed by atoms with Gasteiger partial charge in [0.15, 0.2) is 0 Å². The number of nitrogens with two attached hydrogens (primary N) is 1. The van der Waals surface area contributed by atoms with E-state index in [2.05, 4.69) is 10.3 Å². The first kappa shape index (κ1) is 17.8. The first-order valence-corrected chi connectivity index (χ1v) is 7.69. The molecule has 1 aromatic heterocycles. The fourth-order valence-corrected chi connectivity index (χ4v) is 2.41. The number of pyridine rings is 1. The van der Waals surface area contributed by atoms with Gasteiger partial charge in [0, 0.05) is 17.2 Å². The average Bonchev–Trinajstić information content (AvgIpc) is 3.25. The molecule has 1 heterocycles. The molecule has 2 rings (SSSR count). The number of methoxy groups -OCH3 is 1. The van der Waals surface area contributed by atoms with Crippen LogP contribution in [0.4, 0.5) is 10.6 Å². The maximum Gasteiger partial charge on any atom is 0.412 e. The minimum absolute atomic E-state index is 0.0347. The van der Waals surface area contributed by atoms with Crippen molar-refractivity contribution >= 4 is 17.9 Å². The van der Waals surface area contributed by atoms with Gasteiger partial charge in [0.05, 0.1) is 7.11 Å². The first-order chi connectivity index (χ1) is 11.2. The summed E-state index contributed by atoms with van der Waals surface area (Å²) in [5.74, 6) is -0.234. The van der Waals surface area contributed by atoms with Gasteiger partial charge in [0.1, 0.15) is 17.1 Å². The molecule has 24 heavy (non-hydrogen) atoms. The number of ether oxygens (including phenoxy) is 2. The third kappa shape index (κ3) is 4.24. The Morgan fingerprint density at radius 2 is 2.04 bits per heavy atom. The van der Waals surface area contributed by atoms with Gasteiger partial charge in [-0.15, -0.1) is 0 Å². The van der Waals surface area contributed by atoms with Gasteiger partial charge in [-0.25, -0.2) is 14.6 Å². The van der Waals surface area contributed by atoms with Crippen molar-refractivity contribution in [2.75, 3.05) is 12.8 Å². The topological polar surface area (TPSA) is 104 Å². The number of nitrogen functional groups attached to an aromatic ring is 1. The van der Waals surface area contributed by atoms with E-state index in [1.54, 1.807) is 39.1 Å². The number of nitrogens with one attached hydrogen (secondary N) is 1. The highest BCUT2D eigenvalue weighted by molar-refractivity contribution is 5.92. The molecule has 1 aliphatic carbocycles. The lowest BCUT2D eigenvalue weighted by atomic mass is 9.95. The van der Waals surface area contributed by atoms with E-state index in [4.69, 9.17) is 15.2 Å². The van der Waals surface area contributed by atoms with Crippen molar-refractivity contribution in [2.45, 2.75) is 44.6 Å². The van der Waals surface area contributed by atoms with Crippen LogP contribution in [0.5, 0.6) is 0 Å². The molecule has 0 spiro atoms. The van der Waals surface area contributed by atoms with Gasteiger partial charge in [-0.1, -0.05) is 6.07 Å². The fourth-order valence-electron chi connectivity index (χ4n) is 2.41. The zero-order valence-corrected chi connectivity index (χ0v) is 14.4. The number of anilines is 1. The fraction of sp³-hybridized carbons (Fsp3) is 0.471. The molecular weight excluding hydrogens is 310 g/mol. The van der Waals surface area contributed by atoms with Crippen molar-refractivity contribution < 1.29 is 19.1 Å². The van der Waals surface area contributed by atoms with Crippen LogP contribution in [-0.4, -0.2) is 29.8 Å². The Balaban J connectivity index is 2.28. The van der Waals surface area contributed by atoms with Crippen molar-refractivity contribution in [2.24, 2.45) is 0 Å². The van der Waals surface area contributed by atoms with Gasteiger partial charge >= 0.3 is 12.1 Å². The number of rotatable bonds is 4. The number of esters is 1. The van der Waals surface area contributed by atoms with E-state index >= 15 is 0 Å². The van der Waals surface area contributed by atoms with Crippen LogP contribution in [0.2, 0.25) is 0 Å². The van der Waals surface area contributed by atoms with Gasteiger partial charge in [0.25, 0.3) is 0 Å². The molecular formula is C17H23N3O4. The molecule has 7 nitrogen and oxygen atoms in total. The van der Waals surface area contributed by atoms with Crippen LogP contribution < -0.4 is 11.1 Å². The van der Waals surface area contributed by atoms with E-state index in [0.29, 0.717) is 5.82 Å². The van der Waals surface area contributed by atoms with Crippen LogP contribution in [0.15, 0.2) is 30.1 Å². The van der Waals surface area contributed by atoms with E-state index in [1.807, 2.05) is 6.07 Å². The first-order valence-electron chi connectivity index (χ1n) is 7.69. The number of carbonyl (C=O) groups is 2. The van der Waals surface area contributed by atoms with Crippen molar-refractivity contribution in [3.63, 3.8) is 0 Å². The molecule has 0 aliphatic heterocycles. The van der Waals surface area contributed by atoms with Crippen LogP contribution in [0, 0.1) is 0 Å². The second-order valence-corrected chi connectivity index (χ2v) is 6.77. The smallest absolute Gasteiger partial charge is 0.412 e. The van der Waals surface area contributed by atoms with E-state index < -0.39 is 23.1 Å². The molecule has 0 unspecified atom stereocenters. The SMILES string of the molecule is COC(=O)/C(=C/C1(c2cccnc2N)CC1)NC(=O)OC(C)(C)C. The lowest BCUT2D eigenvalue weighted by Gasteiger charge is -2.21. The van der Waals surface area contributed by atoms with Crippen molar-refractivity contribution in [3.8, 4) is 0 Å². The minimum Gasteiger partial charge on any atom is -0.464 e. The number of hydrogen-bond donors (Lipinski definition) is 2. The number of carbonyl (C=O) groups excluding carboxylic acids is 2. The summed E-state index contributed by atoms with van der Waals surface area (Å²) in [7, 11) is 1.25. The summed E-state index contributed by atoms with van der Waals surface area (Å²) < 4.78 is 9.95. The Kier molecular flexibility index (Phi) is 4.82. The summed E-state index contributed by atoms with van der Waals surface area (Å²) in [4.78, 5) is 28.1. The molecule has 0 bridgehead atoms. The predicted octanol–water partition coefficient (Wildman–Crippen LogP) is 2.28. The summed E-state index contributed by atoms with van der Waals surface area (Å²) in [5, 5.41) is 2.47. The predicted molar refractivity (Wildman–Crippen MR) is 89.0 cm³/mol. The number of aromatic nitrogens is 1. The average molecular weight is 333 g/mol. The van der Waals surface area contributed by atoms with Gasteiger partial charge in [-0.05, 0) is 45.8 Å². The number of nitrogens with zero attached hydrogens (tertiary/aromatic N) is 1. The normalized spacial score (nSPS) is 16.2. The lowest BCUT2D eigenvalue weighted by Crippen LogP contribution is -2.35. The Hall–Kier alpha value is -2.57. The van der Waals surface area contributed by atoms with Crippen LogP contribution in [0.25, 0.3) is 0 Å². The maximum absolute atomic E-state index is 12.0. The van der Waals surface area contributed by atoms with Gasteiger partial charge in [-0.3, -0.25) is 5.32 Å². The van der Waals surface area contributed by atoms with Gasteiger partial charge in [0.2, 0.25) is 0 Å². The number of hydrogen-bond acceptors (Lipinski definition) is 6. The molecule has 130 valence electrons. The van der Waals surface area contributed by atoms with E-state index in [-0.39, 0.29) is 5.70 Å². The number of amides is 1. The Labute approximate surface area is 141 Å². The summed E-state index contributed by atoms with van der Waals surface area (Å²) in [6.07, 6.45) is 4.18. The monoisotopic (exact) mass is 333 g/mol. The zero-order valence-electron chi connectivity index (χ0n) is 14.4. The van der Waals surface area contributed by atoms with Crippen LogP contribution in [0.1, 0.15) is 39.2 Å². The van der Waals surface area contributed by atoms with E-state index in [0.717, 1.165) is 18.4 Å². The van der Waals surface area contributed by atoms with Crippen molar-refractivity contribution in [3.05, 3.63) is 35.7 Å². The van der Waals surface area contributed by atoms with Crippen molar-refractivity contribution in [1.82, 2.24) is 10.3 Å². The molecule has 1 aromatic rings. The van der Waals surface area contributed by atoms with Crippen molar-refractivity contribution in [1.29, 1.82) is 0 Å². The second kappa shape index (κ2) is 6.51. The molecule has 0 saturated heterocycles. The zero-order chi connectivity index (χ0) is 18.0. The molecule has 1 saturated carbocycles. The Bertz CT molecular complexity index is 673. The molecule has 0 atom stereocenters. The largest absolute Gasteiger partial charge is 0.464 e. The highest BCUT2D eigenvalue weighted by Crippen LogP contribution is 2.51. The maximum atomic E-state index is 12.0. The molecule has 1 aliphatic rings. The molecule has 0 radical (unpaired) electrons.